The van der Waals surface area contributed by atoms with Gasteiger partial charge in [0.2, 0.25) is 5.76 Å². The van der Waals surface area contributed by atoms with E-state index in [-0.39, 0.29) is 24.8 Å². The Morgan fingerprint density at radius 1 is 1.71 bits per heavy atom. The smallest absolute Gasteiger partial charge is 0.289 e. The first-order valence-electron chi connectivity index (χ1n) is 5.87. The molecule has 1 atom stereocenters. The molecule has 6 nitrogen and oxygen atoms in total. The molecule has 0 aliphatic carbocycles. The minimum absolute atomic E-state index is 0.0840. The summed E-state index contributed by atoms with van der Waals surface area (Å²) in [5.41, 5.74) is 0.825. The van der Waals surface area contributed by atoms with Crippen LogP contribution < -0.4 is 10.6 Å². The molecule has 6 heteroatoms. The minimum Gasteiger partial charge on any atom is -0.395 e. The van der Waals surface area contributed by atoms with Gasteiger partial charge in [-0.1, -0.05) is 5.16 Å². The van der Waals surface area contributed by atoms with Crippen molar-refractivity contribution >= 4 is 5.91 Å². The van der Waals surface area contributed by atoms with Gasteiger partial charge in [-0.2, -0.15) is 0 Å². The van der Waals surface area contributed by atoms with E-state index in [0.29, 0.717) is 5.92 Å². The molecule has 0 bridgehead atoms. The lowest BCUT2D eigenvalue weighted by atomic mass is 9.96. The monoisotopic (exact) mass is 239 g/mol. The number of rotatable bonds is 4. The van der Waals surface area contributed by atoms with Crippen molar-refractivity contribution in [1.29, 1.82) is 0 Å². The van der Waals surface area contributed by atoms with Crippen LogP contribution in [0.4, 0.5) is 0 Å². The van der Waals surface area contributed by atoms with Gasteiger partial charge >= 0.3 is 0 Å². The van der Waals surface area contributed by atoms with Gasteiger partial charge in [0, 0.05) is 25.1 Å². The Morgan fingerprint density at radius 3 is 3.29 bits per heavy atom. The zero-order valence-corrected chi connectivity index (χ0v) is 9.61. The highest BCUT2D eigenvalue weighted by Gasteiger charge is 2.21. The molecule has 17 heavy (non-hydrogen) atoms. The van der Waals surface area contributed by atoms with E-state index >= 15 is 0 Å². The fourth-order valence-corrected chi connectivity index (χ4v) is 1.95. The standard InChI is InChI=1S/C11H17N3O3/c15-5-4-13-11(16)10-6-9(14-17-10)8-2-1-3-12-7-8/h6,8,12,15H,1-5,7H2,(H,13,16). The first kappa shape index (κ1) is 12.1. The molecule has 1 fully saturated rings. The summed E-state index contributed by atoms with van der Waals surface area (Å²) < 4.78 is 5.01. The number of aromatic nitrogens is 1. The molecule has 0 saturated carbocycles. The van der Waals surface area contributed by atoms with Crippen molar-refractivity contribution in [3.63, 3.8) is 0 Å². The molecule has 2 heterocycles. The van der Waals surface area contributed by atoms with Gasteiger partial charge in [-0.05, 0) is 19.4 Å². The van der Waals surface area contributed by atoms with Gasteiger partial charge < -0.3 is 20.3 Å². The van der Waals surface area contributed by atoms with Crippen molar-refractivity contribution in [3.8, 4) is 0 Å². The second kappa shape index (κ2) is 5.79. The third-order valence-corrected chi connectivity index (χ3v) is 2.86. The van der Waals surface area contributed by atoms with Gasteiger partial charge in [0.25, 0.3) is 5.91 Å². The summed E-state index contributed by atoms with van der Waals surface area (Å²) in [5.74, 6) is 0.201. The van der Waals surface area contributed by atoms with Crippen LogP contribution in [0.15, 0.2) is 10.6 Å². The van der Waals surface area contributed by atoms with Gasteiger partial charge in [-0.15, -0.1) is 0 Å². The van der Waals surface area contributed by atoms with E-state index in [0.717, 1.165) is 31.6 Å². The lowest BCUT2D eigenvalue weighted by Crippen LogP contribution is -2.28. The molecule has 94 valence electrons. The topological polar surface area (TPSA) is 87.4 Å². The second-order valence-corrected chi connectivity index (χ2v) is 4.14. The summed E-state index contributed by atoms with van der Waals surface area (Å²) in [6, 6.07) is 1.68. The summed E-state index contributed by atoms with van der Waals surface area (Å²) in [5, 5.41) is 18.3. The van der Waals surface area contributed by atoms with Gasteiger partial charge in [-0.3, -0.25) is 4.79 Å². The van der Waals surface area contributed by atoms with Crippen LogP contribution in [-0.2, 0) is 0 Å². The fourth-order valence-electron chi connectivity index (χ4n) is 1.95. The molecule has 1 aromatic heterocycles. The average molecular weight is 239 g/mol. The summed E-state index contributed by atoms with van der Waals surface area (Å²) >= 11 is 0. The van der Waals surface area contributed by atoms with E-state index in [1.54, 1.807) is 6.07 Å². The predicted octanol–water partition coefficient (Wildman–Crippen LogP) is -0.136. The molecular formula is C11H17N3O3. The summed E-state index contributed by atoms with van der Waals surface area (Å²) in [6.07, 6.45) is 2.18. The molecule has 0 radical (unpaired) electrons. The molecule has 3 N–H and O–H groups in total. The first-order valence-corrected chi connectivity index (χ1v) is 5.87. The number of hydrogen-bond donors (Lipinski definition) is 3. The Labute approximate surface area is 99.4 Å². The van der Waals surface area contributed by atoms with Crippen LogP contribution >= 0.6 is 0 Å². The Hall–Kier alpha value is -1.40. The maximum atomic E-state index is 11.5. The average Bonchev–Trinajstić information content (AvgIpc) is 2.86. The Kier molecular flexibility index (Phi) is 4.11. The third kappa shape index (κ3) is 3.04. The minimum atomic E-state index is -0.332. The molecule has 1 saturated heterocycles. The molecule has 0 spiro atoms. The van der Waals surface area contributed by atoms with Crippen LogP contribution in [0.25, 0.3) is 0 Å². The van der Waals surface area contributed by atoms with Crippen molar-refractivity contribution in [2.75, 3.05) is 26.2 Å². The van der Waals surface area contributed by atoms with Crippen molar-refractivity contribution in [3.05, 3.63) is 17.5 Å². The number of aliphatic hydroxyl groups is 1. The molecule has 1 aromatic rings. The van der Waals surface area contributed by atoms with Gasteiger partial charge in [0.1, 0.15) is 0 Å². The number of amides is 1. The van der Waals surface area contributed by atoms with Gasteiger partial charge in [-0.25, -0.2) is 0 Å². The van der Waals surface area contributed by atoms with Crippen molar-refractivity contribution in [2.24, 2.45) is 0 Å². The summed E-state index contributed by atoms with van der Waals surface area (Å²) in [4.78, 5) is 11.5. The number of nitrogens with one attached hydrogen (secondary N) is 2. The van der Waals surface area contributed by atoms with E-state index in [9.17, 15) is 4.79 Å². The number of carbonyl (C=O) groups excluding carboxylic acids is 1. The lowest BCUT2D eigenvalue weighted by Gasteiger charge is -2.20. The fraction of sp³-hybridized carbons (Fsp3) is 0.636. The van der Waals surface area contributed by atoms with Crippen LogP contribution in [0.1, 0.15) is 35.0 Å². The number of carbonyl (C=O) groups is 1. The van der Waals surface area contributed by atoms with Gasteiger partial charge in [0.15, 0.2) is 0 Å². The van der Waals surface area contributed by atoms with E-state index in [1.165, 1.54) is 0 Å². The SMILES string of the molecule is O=C(NCCO)c1cc(C2CCCNC2)no1. The van der Waals surface area contributed by atoms with Crippen molar-refractivity contribution in [2.45, 2.75) is 18.8 Å². The molecular weight excluding hydrogens is 222 g/mol. The van der Waals surface area contributed by atoms with Crippen LogP contribution in [0.3, 0.4) is 0 Å². The van der Waals surface area contributed by atoms with E-state index in [4.69, 9.17) is 9.63 Å². The van der Waals surface area contributed by atoms with E-state index < -0.39 is 0 Å². The molecule has 2 rings (SSSR count). The van der Waals surface area contributed by atoms with Crippen LogP contribution in [-0.4, -0.2) is 42.4 Å². The Bertz CT molecular complexity index is 372. The number of aliphatic hydroxyl groups excluding tert-OH is 1. The highest BCUT2D eigenvalue weighted by molar-refractivity contribution is 5.91. The summed E-state index contributed by atoms with van der Waals surface area (Å²) in [6.45, 7) is 2.06. The third-order valence-electron chi connectivity index (χ3n) is 2.86. The van der Waals surface area contributed by atoms with Crippen LogP contribution in [0, 0.1) is 0 Å². The molecule has 1 aliphatic rings. The number of piperidine rings is 1. The number of nitrogens with zero attached hydrogens (tertiary/aromatic N) is 1. The van der Waals surface area contributed by atoms with Crippen LogP contribution in [0.2, 0.25) is 0 Å². The quantitative estimate of drug-likeness (QED) is 0.681. The zero-order valence-electron chi connectivity index (χ0n) is 9.61. The van der Waals surface area contributed by atoms with Crippen LogP contribution in [0.5, 0.6) is 0 Å². The highest BCUT2D eigenvalue weighted by atomic mass is 16.5. The van der Waals surface area contributed by atoms with E-state index in [1.807, 2.05) is 0 Å². The second-order valence-electron chi connectivity index (χ2n) is 4.14. The summed E-state index contributed by atoms with van der Waals surface area (Å²) in [7, 11) is 0. The van der Waals surface area contributed by atoms with Crippen molar-refractivity contribution < 1.29 is 14.4 Å². The molecule has 1 aliphatic heterocycles. The lowest BCUT2D eigenvalue weighted by molar-refractivity contribution is 0.0907. The maximum Gasteiger partial charge on any atom is 0.289 e. The highest BCUT2D eigenvalue weighted by Crippen LogP contribution is 2.22. The molecule has 1 amide bonds. The normalized spacial score (nSPS) is 20.2. The Morgan fingerprint density at radius 2 is 2.59 bits per heavy atom. The Balaban J connectivity index is 1.97. The maximum absolute atomic E-state index is 11.5. The van der Waals surface area contributed by atoms with E-state index in [2.05, 4.69) is 15.8 Å². The first-order chi connectivity index (χ1) is 8.31. The van der Waals surface area contributed by atoms with Crippen molar-refractivity contribution in [1.82, 2.24) is 15.8 Å². The molecule has 1 unspecified atom stereocenters. The van der Waals surface area contributed by atoms with Gasteiger partial charge in [0.05, 0.1) is 12.3 Å². The number of hydrogen-bond acceptors (Lipinski definition) is 5. The predicted molar refractivity (Wildman–Crippen MR) is 60.8 cm³/mol. The molecule has 0 aromatic carbocycles. The zero-order chi connectivity index (χ0) is 12.1. The largest absolute Gasteiger partial charge is 0.395 e.